The zero-order valence-electron chi connectivity index (χ0n) is 14.6. The maximum atomic E-state index is 2.36. The Balaban J connectivity index is 0.000000491. The van der Waals surface area contributed by atoms with Crippen LogP contribution in [0.3, 0.4) is 0 Å². The number of hydrogen-bond acceptors (Lipinski definition) is 0. The van der Waals surface area contributed by atoms with Gasteiger partial charge in [-0.05, 0) is 30.2 Å². The fraction of sp³-hybridized carbons (Fsp3) is 0.714. The molecular formula is C21H36. The third-order valence-electron chi connectivity index (χ3n) is 4.90. The minimum atomic E-state index is 0.937. The molecule has 2 unspecified atom stereocenters. The molecule has 1 aromatic carbocycles. The van der Waals surface area contributed by atoms with E-state index in [9.17, 15) is 0 Å². The van der Waals surface area contributed by atoms with Gasteiger partial charge in [0.25, 0.3) is 0 Å². The van der Waals surface area contributed by atoms with Crippen LogP contribution in [0.4, 0.5) is 0 Å². The molecule has 0 aliphatic heterocycles. The summed E-state index contributed by atoms with van der Waals surface area (Å²) >= 11 is 0. The Bertz CT molecular complexity index is 325. The third-order valence-corrected chi connectivity index (χ3v) is 4.90. The molecule has 2 atom stereocenters. The molecule has 0 saturated heterocycles. The lowest BCUT2D eigenvalue weighted by atomic mass is 9.82. The Kier molecular flexibility index (Phi) is 10.3. The quantitative estimate of drug-likeness (QED) is 0.557. The molecule has 0 aromatic heterocycles. The lowest BCUT2D eigenvalue weighted by Crippen LogP contribution is -2.11. The molecule has 120 valence electrons. The van der Waals surface area contributed by atoms with Crippen molar-refractivity contribution in [3.8, 4) is 0 Å². The standard InChI is InChI=1S/C17H26.C4H10/c1-2-15-8-6-7-11-17(13-12-15)14-16-9-4-3-5-10-16;1-3-4-2/h3-5,9-10,15,17H,2,6-8,11-14H2,1H3;3-4H2,1-2H3. The predicted octanol–water partition coefficient (Wildman–Crippen LogP) is 7.03. The molecule has 0 bridgehead atoms. The molecule has 2 rings (SSSR count). The van der Waals surface area contributed by atoms with Gasteiger partial charge in [-0.2, -0.15) is 0 Å². The molecule has 0 radical (unpaired) electrons. The van der Waals surface area contributed by atoms with Gasteiger partial charge in [0, 0.05) is 0 Å². The second-order valence-corrected chi connectivity index (χ2v) is 6.69. The van der Waals surface area contributed by atoms with Crippen molar-refractivity contribution >= 4 is 0 Å². The van der Waals surface area contributed by atoms with Crippen molar-refractivity contribution < 1.29 is 0 Å². The minimum absolute atomic E-state index is 0.937. The minimum Gasteiger partial charge on any atom is -0.0654 e. The van der Waals surface area contributed by atoms with Gasteiger partial charge < -0.3 is 0 Å². The molecule has 0 nitrogen and oxygen atoms in total. The molecule has 1 aromatic rings. The van der Waals surface area contributed by atoms with Crippen LogP contribution in [0.1, 0.15) is 84.1 Å². The van der Waals surface area contributed by atoms with E-state index in [2.05, 4.69) is 51.1 Å². The highest BCUT2D eigenvalue weighted by Crippen LogP contribution is 2.29. The summed E-state index contributed by atoms with van der Waals surface area (Å²) in [6.07, 6.45) is 14.1. The van der Waals surface area contributed by atoms with Crippen molar-refractivity contribution in [2.45, 2.75) is 85.0 Å². The second-order valence-electron chi connectivity index (χ2n) is 6.69. The molecule has 1 aliphatic rings. The molecule has 0 spiro atoms. The fourth-order valence-electron chi connectivity index (χ4n) is 3.19. The van der Waals surface area contributed by atoms with Gasteiger partial charge in [0.05, 0.1) is 0 Å². The van der Waals surface area contributed by atoms with Crippen molar-refractivity contribution in [3.63, 3.8) is 0 Å². The highest BCUT2D eigenvalue weighted by atomic mass is 14.2. The highest BCUT2D eigenvalue weighted by molar-refractivity contribution is 5.15. The van der Waals surface area contributed by atoms with E-state index >= 15 is 0 Å². The molecule has 0 heteroatoms. The average molecular weight is 289 g/mol. The summed E-state index contributed by atoms with van der Waals surface area (Å²) in [5.74, 6) is 1.94. The summed E-state index contributed by atoms with van der Waals surface area (Å²) in [5.41, 5.74) is 1.53. The lowest BCUT2D eigenvalue weighted by Gasteiger charge is -2.24. The van der Waals surface area contributed by atoms with Crippen LogP contribution in [0.15, 0.2) is 30.3 Å². The van der Waals surface area contributed by atoms with Gasteiger partial charge in [-0.1, -0.05) is 102 Å². The van der Waals surface area contributed by atoms with Gasteiger partial charge in [0.2, 0.25) is 0 Å². The average Bonchev–Trinajstić information content (AvgIpc) is 2.52. The number of hydrogen-bond donors (Lipinski definition) is 0. The fourth-order valence-corrected chi connectivity index (χ4v) is 3.19. The zero-order valence-corrected chi connectivity index (χ0v) is 14.6. The molecule has 1 aliphatic carbocycles. The summed E-state index contributed by atoms with van der Waals surface area (Å²) in [4.78, 5) is 0. The number of unbranched alkanes of at least 4 members (excludes halogenated alkanes) is 1. The van der Waals surface area contributed by atoms with E-state index in [0.29, 0.717) is 0 Å². The van der Waals surface area contributed by atoms with Crippen molar-refractivity contribution in [2.75, 3.05) is 0 Å². The second kappa shape index (κ2) is 11.8. The normalized spacial score (nSPS) is 22.6. The first kappa shape index (κ1) is 18.3. The summed E-state index contributed by atoms with van der Waals surface area (Å²) in [7, 11) is 0. The van der Waals surface area contributed by atoms with Crippen molar-refractivity contribution in [2.24, 2.45) is 11.8 Å². The summed E-state index contributed by atoms with van der Waals surface area (Å²) in [6, 6.07) is 11.0. The van der Waals surface area contributed by atoms with Gasteiger partial charge in [-0.25, -0.2) is 0 Å². The molecular weight excluding hydrogens is 252 g/mol. The molecule has 0 amide bonds. The maximum absolute atomic E-state index is 2.36. The molecule has 1 saturated carbocycles. The van der Waals surface area contributed by atoms with E-state index in [-0.39, 0.29) is 0 Å². The zero-order chi connectivity index (χ0) is 15.3. The van der Waals surface area contributed by atoms with E-state index in [4.69, 9.17) is 0 Å². The monoisotopic (exact) mass is 288 g/mol. The van der Waals surface area contributed by atoms with Crippen LogP contribution in [-0.4, -0.2) is 0 Å². The Labute approximate surface area is 133 Å². The Morgan fingerprint density at radius 2 is 1.33 bits per heavy atom. The lowest BCUT2D eigenvalue weighted by molar-refractivity contribution is 0.305. The van der Waals surface area contributed by atoms with Crippen molar-refractivity contribution in [3.05, 3.63) is 35.9 Å². The Morgan fingerprint density at radius 1 is 0.762 bits per heavy atom. The topological polar surface area (TPSA) is 0 Å². The Morgan fingerprint density at radius 3 is 1.90 bits per heavy atom. The van der Waals surface area contributed by atoms with E-state index in [1.165, 1.54) is 69.8 Å². The van der Waals surface area contributed by atoms with Crippen LogP contribution < -0.4 is 0 Å². The first-order valence-electron chi connectivity index (χ1n) is 9.34. The number of benzene rings is 1. The van der Waals surface area contributed by atoms with Gasteiger partial charge in [-0.15, -0.1) is 0 Å². The van der Waals surface area contributed by atoms with Crippen molar-refractivity contribution in [1.29, 1.82) is 0 Å². The predicted molar refractivity (Wildman–Crippen MR) is 95.7 cm³/mol. The van der Waals surface area contributed by atoms with E-state index in [1.54, 1.807) is 0 Å². The molecule has 0 N–H and O–H groups in total. The highest BCUT2D eigenvalue weighted by Gasteiger charge is 2.16. The van der Waals surface area contributed by atoms with Crippen molar-refractivity contribution in [1.82, 2.24) is 0 Å². The summed E-state index contributed by atoms with van der Waals surface area (Å²) in [6.45, 7) is 6.72. The first-order chi connectivity index (χ1) is 10.3. The van der Waals surface area contributed by atoms with Gasteiger partial charge >= 0.3 is 0 Å². The molecule has 21 heavy (non-hydrogen) atoms. The van der Waals surface area contributed by atoms with Gasteiger partial charge in [-0.3, -0.25) is 0 Å². The summed E-state index contributed by atoms with van der Waals surface area (Å²) < 4.78 is 0. The molecule has 1 fully saturated rings. The number of rotatable bonds is 4. The van der Waals surface area contributed by atoms with E-state index < -0.39 is 0 Å². The SMILES string of the molecule is CCC1CCCCC(Cc2ccccc2)CC1.CCCC. The van der Waals surface area contributed by atoms with Crippen LogP contribution in [0.2, 0.25) is 0 Å². The van der Waals surface area contributed by atoms with Crippen LogP contribution in [0, 0.1) is 11.8 Å². The van der Waals surface area contributed by atoms with Crippen LogP contribution in [0.5, 0.6) is 0 Å². The molecule has 0 heterocycles. The first-order valence-corrected chi connectivity index (χ1v) is 9.34. The van der Waals surface area contributed by atoms with Gasteiger partial charge in [0.1, 0.15) is 0 Å². The van der Waals surface area contributed by atoms with E-state index in [0.717, 1.165) is 11.8 Å². The smallest absolute Gasteiger partial charge is 0.0250 e. The Hall–Kier alpha value is -0.780. The summed E-state index contributed by atoms with van der Waals surface area (Å²) in [5, 5.41) is 0. The van der Waals surface area contributed by atoms with Crippen LogP contribution in [0.25, 0.3) is 0 Å². The maximum Gasteiger partial charge on any atom is -0.0250 e. The van der Waals surface area contributed by atoms with Crippen LogP contribution in [-0.2, 0) is 6.42 Å². The van der Waals surface area contributed by atoms with E-state index in [1.807, 2.05) is 0 Å². The van der Waals surface area contributed by atoms with Crippen LogP contribution >= 0.6 is 0 Å². The third kappa shape index (κ3) is 8.29. The largest absolute Gasteiger partial charge is 0.0654 e. The van der Waals surface area contributed by atoms with Gasteiger partial charge in [0.15, 0.2) is 0 Å².